The zero-order valence-electron chi connectivity index (χ0n) is 10.8. The number of unbranched alkanes of at least 4 members (excludes halogenated alkanes) is 1. The Balaban J connectivity index is 3.18. The number of rotatable bonds is 9. The van der Waals surface area contributed by atoms with Crippen molar-refractivity contribution >= 4 is 0 Å². The standard InChI is InChI=1S/C12H28N2O/c1-11(2)14(4)8-6-5-7-13-9-12(3)10-15/h11-13,15H,5-10H2,1-4H3. The first-order chi connectivity index (χ1) is 7.07. The highest BCUT2D eigenvalue weighted by molar-refractivity contribution is 4.59. The zero-order valence-corrected chi connectivity index (χ0v) is 10.8. The average molecular weight is 216 g/mol. The first-order valence-corrected chi connectivity index (χ1v) is 6.09. The predicted molar refractivity (Wildman–Crippen MR) is 66.1 cm³/mol. The van der Waals surface area contributed by atoms with Gasteiger partial charge in [0.2, 0.25) is 0 Å². The van der Waals surface area contributed by atoms with Crippen LogP contribution >= 0.6 is 0 Å². The second-order valence-corrected chi connectivity index (χ2v) is 4.77. The summed E-state index contributed by atoms with van der Waals surface area (Å²) in [5, 5.41) is 12.2. The van der Waals surface area contributed by atoms with Crippen LogP contribution in [-0.4, -0.2) is 49.3 Å². The fourth-order valence-electron chi connectivity index (χ4n) is 1.28. The van der Waals surface area contributed by atoms with Crippen LogP contribution in [0.4, 0.5) is 0 Å². The van der Waals surface area contributed by atoms with E-state index in [4.69, 9.17) is 5.11 Å². The largest absolute Gasteiger partial charge is 0.396 e. The Bertz CT molecular complexity index is 140. The fourth-order valence-corrected chi connectivity index (χ4v) is 1.28. The van der Waals surface area contributed by atoms with Gasteiger partial charge in [0.15, 0.2) is 0 Å². The van der Waals surface area contributed by atoms with E-state index in [9.17, 15) is 0 Å². The predicted octanol–water partition coefficient (Wildman–Crippen LogP) is 1.32. The van der Waals surface area contributed by atoms with Gasteiger partial charge in [0.1, 0.15) is 0 Å². The molecule has 0 saturated heterocycles. The minimum atomic E-state index is 0.281. The van der Waals surface area contributed by atoms with E-state index in [0.717, 1.165) is 13.1 Å². The molecule has 1 unspecified atom stereocenters. The lowest BCUT2D eigenvalue weighted by atomic mass is 10.2. The average Bonchev–Trinajstić information content (AvgIpc) is 2.22. The van der Waals surface area contributed by atoms with Gasteiger partial charge in [-0.2, -0.15) is 0 Å². The molecule has 2 N–H and O–H groups in total. The number of hydrogen-bond acceptors (Lipinski definition) is 3. The maximum Gasteiger partial charge on any atom is 0.0468 e. The molecule has 3 heteroatoms. The minimum Gasteiger partial charge on any atom is -0.396 e. The lowest BCUT2D eigenvalue weighted by molar-refractivity contribution is 0.233. The van der Waals surface area contributed by atoms with Gasteiger partial charge in [0.25, 0.3) is 0 Å². The first-order valence-electron chi connectivity index (χ1n) is 6.09. The topological polar surface area (TPSA) is 35.5 Å². The molecule has 0 aromatic rings. The maximum absolute atomic E-state index is 8.82. The summed E-state index contributed by atoms with van der Waals surface area (Å²) in [6.45, 7) is 9.95. The molecule has 0 saturated carbocycles. The molecule has 0 aliphatic rings. The molecule has 0 spiro atoms. The van der Waals surface area contributed by atoms with Crippen LogP contribution in [0.2, 0.25) is 0 Å². The molecule has 0 rings (SSSR count). The summed E-state index contributed by atoms with van der Waals surface area (Å²) in [7, 11) is 2.17. The van der Waals surface area contributed by atoms with Crippen LogP contribution in [0.25, 0.3) is 0 Å². The third-order valence-corrected chi connectivity index (χ3v) is 2.80. The molecule has 0 bridgehead atoms. The smallest absolute Gasteiger partial charge is 0.0468 e. The van der Waals surface area contributed by atoms with E-state index in [1.54, 1.807) is 0 Å². The SMILES string of the molecule is CC(CO)CNCCCCN(C)C(C)C. The van der Waals surface area contributed by atoms with Crippen LogP contribution in [0.3, 0.4) is 0 Å². The highest BCUT2D eigenvalue weighted by Gasteiger charge is 2.02. The molecule has 0 amide bonds. The lowest BCUT2D eigenvalue weighted by Gasteiger charge is -2.20. The van der Waals surface area contributed by atoms with E-state index >= 15 is 0 Å². The second kappa shape index (κ2) is 9.13. The summed E-state index contributed by atoms with van der Waals surface area (Å²) >= 11 is 0. The molecule has 0 fully saturated rings. The van der Waals surface area contributed by atoms with Crippen molar-refractivity contribution in [3.63, 3.8) is 0 Å². The Morgan fingerprint density at radius 3 is 2.40 bits per heavy atom. The Kier molecular flexibility index (Phi) is 9.06. The van der Waals surface area contributed by atoms with Gasteiger partial charge in [-0.15, -0.1) is 0 Å². The van der Waals surface area contributed by atoms with Crippen LogP contribution in [0.1, 0.15) is 33.6 Å². The number of aliphatic hydroxyl groups excluding tert-OH is 1. The van der Waals surface area contributed by atoms with Crippen LogP contribution in [0, 0.1) is 5.92 Å². The third-order valence-electron chi connectivity index (χ3n) is 2.80. The molecular weight excluding hydrogens is 188 g/mol. The van der Waals surface area contributed by atoms with E-state index in [1.165, 1.54) is 19.4 Å². The van der Waals surface area contributed by atoms with E-state index < -0.39 is 0 Å². The van der Waals surface area contributed by atoms with E-state index in [1.807, 2.05) is 0 Å². The van der Waals surface area contributed by atoms with Crippen LogP contribution < -0.4 is 5.32 Å². The Labute approximate surface area is 94.9 Å². The number of hydrogen-bond donors (Lipinski definition) is 2. The molecule has 0 heterocycles. The molecule has 0 aliphatic carbocycles. The summed E-state index contributed by atoms with van der Waals surface area (Å²) in [4.78, 5) is 2.37. The van der Waals surface area contributed by atoms with Crippen molar-refractivity contribution in [1.29, 1.82) is 0 Å². The van der Waals surface area contributed by atoms with Crippen molar-refractivity contribution < 1.29 is 5.11 Å². The summed E-state index contributed by atoms with van der Waals surface area (Å²) < 4.78 is 0. The maximum atomic E-state index is 8.82. The summed E-state index contributed by atoms with van der Waals surface area (Å²) in [6.07, 6.45) is 2.46. The van der Waals surface area contributed by atoms with Gasteiger partial charge >= 0.3 is 0 Å². The molecule has 15 heavy (non-hydrogen) atoms. The Hall–Kier alpha value is -0.120. The van der Waals surface area contributed by atoms with Crippen LogP contribution in [0.15, 0.2) is 0 Å². The van der Waals surface area contributed by atoms with Crippen molar-refractivity contribution in [2.24, 2.45) is 5.92 Å². The van der Waals surface area contributed by atoms with Gasteiger partial charge < -0.3 is 15.3 Å². The van der Waals surface area contributed by atoms with Crippen LogP contribution in [-0.2, 0) is 0 Å². The van der Waals surface area contributed by atoms with Gasteiger partial charge in [-0.3, -0.25) is 0 Å². The summed E-state index contributed by atoms with van der Waals surface area (Å²) in [5.74, 6) is 0.378. The third kappa shape index (κ3) is 8.85. The molecular formula is C12H28N2O. The van der Waals surface area contributed by atoms with Crippen molar-refractivity contribution in [3.8, 4) is 0 Å². The molecule has 3 nitrogen and oxygen atoms in total. The second-order valence-electron chi connectivity index (χ2n) is 4.77. The van der Waals surface area contributed by atoms with Gasteiger partial charge in [0.05, 0.1) is 0 Å². The Morgan fingerprint density at radius 1 is 1.20 bits per heavy atom. The summed E-state index contributed by atoms with van der Waals surface area (Å²) in [6, 6.07) is 0.646. The molecule has 0 aromatic carbocycles. The molecule has 0 radical (unpaired) electrons. The van der Waals surface area contributed by atoms with Gasteiger partial charge in [-0.1, -0.05) is 6.92 Å². The number of nitrogens with zero attached hydrogens (tertiary/aromatic N) is 1. The molecule has 1 atom stereocenters. The van der Waals surface area contributed by atoms with Crippen molar-refractivity contribution in [2.45, 2.75) is 39.7 Å². The zero-order chi connectivity index (χ0) is 11.7. The monoisotopic (exact) mass is 216 g/mol. The van der Waals surface area contributed by atoms with E-state index in [2.05, 4.69) is 38.0 Å². The first kappa shape index (κ1) is 14.9. The number of nitrogens with one attached hydrogen (secondary N) is 1. The van der Waals surface area contributed by atoms with Crippen molar-refractivity contribution in [1.82, 2.24) is 10.2 Å². The highest BCUT2D eigenvalue weighted by Crippen LogP contribution is 1.97. The molecule has 0 aliphatic heterocycles. The van der Waals surface area contributed by atoms with E-state index in [-0.39, 0.29) is 6.61 Å². The van der Waals surface area contributed by atoms with Crippen molar-refractivity contribution in [2.75, 3.05) is 33.3 Å². The van der Waals surface area contributed by atoms with Gasteiger partial charge in [-0.25, -0.2) is 0 Å². The fraction of sp³-hybridized carbons (Fsp3) is 1.00. The van der Waals surface area contributed by atoms with Crippen molar-refractivity contribution in [3.05, 3.63) is 0 Å². The quantitative estimate of drug-likeness (QED) is 0.571. The van der Waals surface area contributed by atoms with Gasteiger partial charge in [0, 0.05) is 12.6 Å². The molecule has 0 aromatic heterocycles. The normalized spacial score (nSPS) is 13.8. The van der Waals surface area contributed by atoms with E-state index in [0.29, 0.717) is 12.0 Å². The van der Waals surface area contributed by atoms with Gasteiger partial charge in [-0.05, 0) is 59.3 Å². The molecule has 92 valence electrons. The highest BCUT2D eigenvalue weighted by atomic mass is 16.3. The Morgan fingerprint density at radius 2 is 1.87 bits per heavy atom. The lowest BCUT2D eigenvalue weighted by Crippen LogP contribution is -2.28. The van der Waals surface area contributed by atoms with Crippen LogP contribution in [0.5, 0.6) is 0 Å². The number of aliphatic hydroxyl groups is 1. The summed E-state index contributed by atoms with van der Waals surface area (Å²) in [5.41, 5.74) is 0. The minimum absolute atomic E-state index is 0.281.